The van der Waals surface area contributed by atoms with Crippen LogP contribution in [-0.2, 0) is 19.2 Å². The molecular formula is C15H14INO4. The SMILES string of the molecule is CC(=O)C(C(C)=O)C1CC(=O)N(c2ccc(I)cc2)C1=O. The third kappa shape index (κ3) is 3.04. The Balaban J connectivity index is 2.34. The molecule has 2 amide bonds. The molecule has 1 aliphatic heterocycles. The smallest absolute Gasteiger partial charge is 0.238 e. The lowest BCUT2D eigenvalue weighted by Crippen LogP contribution is -2.36. The van der Waals surface area contributed by atoms with Gasteiger partial charge in [-0.25, -0.2) is 0 Å². The molecule has 2 rings (SSSR count). The lowest BCUT2D eigenvalue weighted by atomic mass is 9.85. The first kappa shape index (κ1) is 15.8. The van der Waals surface area contributed by atoms with Gasteiger partial charge in [0.15, 0.2) is 0 Å². The number of hydrogen-bond donors (Lipinski definition) is 0. The van der Waals surface area contributed by atoms with Crippen molar-refractivity contribution in [1.29, 1.82) is 0 Å². The molecule has 1 heterocycles. The van der Waals surface area contributed by atoms with Gasteiger partial charge in [-0.15, -0.1) is 0 Å². The van der Waals surface area contributed by atoms with E-state index in [1.807, 2.05) is 0 Å². The normalized spacial score (nSPS) is 18.5. The Morgan fingerprint density at radius 3 is 2.14 bits per heavy atom. The van der Waals surface area contributed by atoms with Crippen molar-refractivity contribution in [3.63, 3.8) is 0 Å². The number of anilines is 1. The molecule has 0 bridgehead atoms. The molecule has 0 N–H and O–H groups in total. The zero-order valence-corrected chi connectivity index (χ0v) is 13.8. The van der Waals surface area contributed by atoms with Gasteiger partial charge in [-0.3, -0.25) is 24.1 Å². The highest BCUT2D eigenvalue weighted by Gasteiger charge is 2.46. The van der Waals surface area contributed by atoms with Gasteiger partial charge in [0, 0.05) is 9.99 Å². The van der Waals surface area contributed by atoms with Crippen molar-refractivity contribution in [2.45, 2.75) is 20.3 Å². The summed E-state index contributed by atoms with van der Waals surface area (Å²) < 4.78 is 0.984. The van der Waals surface area contributed by atoms with Crippen molar-refractivity contribution >= 4 is 51.7 Å². The largest absolute Gasteiger partial charge is 0.299 e. The van der Waals surface area contributed by atoms with Gasteiger partial charge in [0.25, 0.3) is 0 Å². The van der Waals surface area contributed by atoms with Crippen molar-refractivity contribution in [2.24, 2.45) is 11.8 Å². The molecule has 1 fully saturated rings. The van der Waals surface area contributed by atoms with Crippen LogP contribution < -0.4 is 4.90 Å². The monoisotopic (exact) mass is 399 g/mol. The van der Waals surface area contributed by atoms with E-state index in [2.05, 4.69) is 22.6 Å². The van der Waals surface area contributed by atoms with E-state index in [0.29, 0.717) is 5.69 Å². The topological polar surface area (TPSA) is 71.5 Å². The van der Waals surface area contributed by atoms with Gasteiger partial charge in [0.2, 0.25) is 11.8 Å². The fraction of sp³-hybridized carbons (Fsp3) is 0.333. The van der Waals surface area contributed by atoms with E-state index in [1.165, 1.54) is 13.8 Å². The molecule has 1 aromatic rings. The van der Waals surface area contributed by atoms with Crippen LogP contribution in [0.4, 0.5) is 5.69 Å². The molecule has 1 atom stereocenters. The first-order chi connectivity index (χ1) is 9.82. The van der Waals surface area contributed by atoms with Gasteiger partial charge in [-0.1, -0.05) is 0 Å². The summed E-state index contributed by atoms with van der Waals surface area (Å²) in [7, 11) is 0. The molecule has 0 radical (unpaired) electrons. The molecule has 1 aliphatic rings. The molecule has 1 unspecified atom stereocenters. The summed E-state index contributed by atoms with van der Waals surface area (Å²) in [6.07, 6.45) is -0.103. The molecule has 6 heteroatoms. The quantitative estimate of drug-likeness (QED) is 0.441. The highest BCUT2D eigenvalue weighted by Crippen LogP contribution is 2.32. The number of benzene rings is 1. The van der Waals surface area contributed by atoms with E-state index >= 15 is 0 Å². The third-order valence-corrected chi connectivity index (χ3v) is 4.26. The van der Waals surface area contributed by atoms with Crippen molar-refractivity contribution in [3.05, 3.63) is 27.8 Å². The van der Waals surface area contributed by atoms with Crippen LogP contribution in [0.25, 0.3) is 0 Å². The molecule has 0 spiro atoms. The highest BCUT2D eigenvalue weighted by atomic mass is 127. The maximum Gasteiger partial charge on any atom is 0.238 e. The summed E-state index contributed by atoms with van der Waals surface area (Å²) >= 11 is 2.12. The van der Waals surface area contributed by atoms with Crippen molar-refractivity contribution in [1.82, 2.24) is 0 Å². The van der Waals surface area contributed by atoms with E-state index in [-0.39, 0.29) is 23.9 Å². The summed E-state index contributed by atoms with van der Waals surface area (Å²) in [5.74, 6) is -3.52. The van der Waals surface area contributed by atoms with Crippen LogP contribution in [0.3, 0.4) is 0 Å². The fourth-order valence-corrected chi connectivity index (χ4v) is 2.99. The first-order valence-electron chi connectivity index (χ1n) is 6.46. The lowest BCUT2D eigenvalue weighted by Gasteiger charge is -2.18. The number of carbonyl (C=O) groups is 4. The number of rotatable bonds is 4. The molecule has 0 aliphatic carbocycles. The molecule has 1 aromatic carbocycles. The number of nitrogens with zero attached hydrogens (tertiary/aromatic N) is 1. The molecule has 110 valence electrons. The predicted molar refractivity (Wildman–Crippen MR) is 84.6 cm³/mol. The predicted octanol–water partition coefficient (Wildman–Crippen LogP) is 1.96. The zero-order chi connectivity index (χ0) is 15.7. The van der Waals surface area contributed by atoms with Crippen LogP contribution in [0.15, 0.2) is 24.3 Å². The average molecular weight is 399 g/mol. The second-order valence-electron chi connectivity index (χ2n) is 5.05. The minimum atomic E-state index is -1.03. The number of hydrogen-bond acceptors (Lipinski definition) is 4. The number of carbonyl (C=O) groups excluding carboxylic acids is 4. The maximum atomic E-state index is 12.5. The Hall–Kier alpha value is -1.57. The third-order valence-electron chi connectivity index (χ3n) is 3.54. The van der Waals surface area contributed by atoms with Crippen LogP contribution in [0, 0.1) is 15.4 Å². The van der Waals surface area contributed by atoms with Crippen molar-refractivity contribution in [2.75, 3.05) is 4.90 Å². The van der Waals surface area contributed by atoms with Gasteiger partial charge in [0.05, 0.1) is 17.5 Å². The minimum absolute atomic E-state index is 0.103. The second kappa shape index (κ2) is 6.05. The van der Waals surface area contributed by atoms with Crippen molar-refractivity contribution in [3.8, 4) is 0 Å². The highest BCUT2D eigenvalue weighted by molar-refractivity contribution is 14.1. The van der Waals surface area contributed by atoms with Gasteiger partial charge >= 0.3 is 0 Å². The summed E-state index contributed by atoms with van der Waals surface area (Å²) in [6, 6.07) is 6.93. The van der Waals surface area contributed by atoms with Gasteiger partial charge < -0.3 is 0 Å². The van der Waals surface area contributed by atoms with Crippen LogP contribution in [0.5, 0.6) is 0 Å². The van der Waals surface area contributed by atoms with Crippen LogP contribution in [0.1, 0.15) is 20.3 Å². The lowest BCUT2D eigenvalue weighted by molar-refractivity contribution is -0.137. The molecular weight excluding hydrogens is 385 g/mol. The van der Waals surface area contributed by atoms with E-state index in [4.69, 9.17) is 0 Å². The number of amides is 2. The van der Waals surface area contributed by atoms with E-state index in [9.17, 15) is 19.2 Å². The number of imide groups is 1. The average Bonchev–Trinajstić information content (AvgIpc) is 2.66. The fourth-order valence-electron chi connectivity index (χ4n) is 2.63. The standard InChI is InChI=1S/C15H14INO4/c1-8(18)14(9(2)19)12-7-13(20)17(15(12)21)11-5-3-10(16)4-6-11/h3-6,12,14H,7H2,1-2H3. The maximum absolute atomic E-state index is 12.5. The molecule has 0 saturated carbocycles. The van der Waals surface area contributed by atoms with Crippen LogP contribution in [-0.4, -0.2) is 23.4 Å². The summed E-state index contributed by atoms with van der Waals surface area (Å²) in [5.41, 5.74) is 0.471. The Kier molecular flexibility index (Phi) is 4.55. The number of Topliss-reactive ketones (excluding diaryl/α,β-unsaturated/α-hetero) is 2. The van der Waals surface area contributed by atoms with Gasteiger partial charge in [-0.05, 0) is 60.7 Å². The van der Waals surface area contributed by atoms with Gasteiger partial charge in [0.1, 0.15) is 11.6 Å². The van der Waals surface area contributed by atoms with E-state index in [1.54, 1.807) is 24.3 Å². The molecule has 21 heavy (non-hydrogen) atoms. The first-order valence-corrected chi connectivity index (χ1v) is 7.54. The second-order valence-corrected chi connectivity index (χ2v) is 6.30. The molecule has 1 saturated heterocycles. The summed E-state index contributed by atoms with van der Waals surface area (Å²) in [6.45, 7) is 2.55. The van der Waals surface area contributed by atoms with Crippen molar-refractivity contribution < 1.29 is 19.2 Å². The Bertz CT molecular complexity index is 609. The van der Waals surface area contributed by atoms with Crippen LogP contribution >= 0.6 is 22.6 Å². The minimum Gasteiger partial charge on any atom is -0.299 e. The molecule has 0 aromatic heterocycles. The van der Waals surface area contributed by atoms with E-state index in [0.717, 1.165) is 8.47 Å². The molecule has 5 nitrogen and oxygen atoms in total. The van der Waals surface area contributed by atoms with Gasteiger partial charge in [-0.2, -0.15) is 0 Å². The van der Waals surface area contributed by atoms with Crippen LogP contribution in [0.2, 0.25) is 0 Å². The Labute approximate surface area is 135 Å². The zero-order valence-electron chi connectivity index (χ0n) is 11.6. The van der Waals surface area contributed by atoms with E-state index < -0.39 is 17.7 Å². The Morgan fingerprint density at radius 1 is 1.14 bits per heavy atom. The number of ketones is 2. The number of halogens is 1. The summed E-state index contributed by atoms with van der Waals surface area (Å²) in [4.78, 5) is 48.8. The Morgan fingerprint density at radius 2 is 1.67 bits per heavy atom. The summed E-state index contributed by atoms with van der Waals surface area (Å²) in [5, 5.41) is 0.